The smallest absolute Gasteiger partial charge is 0.419 e. The average Bonchev–Trinajstić information content (AvgIpc) is 3.06. The van der Waals surface area contributed by atoms with Gasteiger partial charge in [-0.1, -0.05) is 12.1 Å². The molecule has 0 radical (unpaired) electrons. The molecule has 1 saturated carbocycles. The summed E-state index contributed by atoms with van der Waals surface area (Å²) >= 11 is 0. The van der Waals surface area contributed by atoms with Gasteiger partial charge in [0.05, 0.1) is 18.6 Å². The topological polar surface area (TPSA) is 46.5 Å². The highest BCUT2D eigenvalue weighted by Crippen LogP contribution is 2.52. The van der Waals surface area contributed by atoms with Gasteiger partial charge in [-0.3, -0.25) is 4.79 Å². The normalized spacial score (nSPS) is 22.7. The summed E-state index contributed by atoms with van der Waals surface area (Å²) in [6.45, 7) is 0. The second kappa shape index (κ2) is 4.19. The molecular formula is C12H11F3O3. The Morgan fingerprint density at radius 2 is 2.11 bits per heavy atom. The lowest BCUT2D eigenvalue weighted by Gasteiger charge is -2.15. The Kier molecular flexibility index (Phi) is 2.96. The molecule has 0 bridgehead atoms. The summed E-state index contributed by atoms with van der Waals surface area (Å²) in [7, 11) is 1.16. The number of benzene rings is 1. The Morgan fingerprint density at radius 3 is 2.56 bits per heavy atom. The van der Waals surface area contributed by atoms with Crippen LogP contribution in [0.1, 0.15) is 23.5 Å². The third kappa shape index (κ3) is 2.14. The molecule has 0 heterocycles. The van der Waals surface area contributed by atoms with Crippen LogP contribution in [0.4, 0.5) is 13.2 Å². The van der Waals surface area contributed by atoms with Crippen molar-refractivity contribution in [2.75, 3.05) is 7.11 Å². The van der Waals surface area contributed by atoms with Crippen LogP contribution in [-0.2, 0) is 11.0 Å². The van der Waals surface area contributed by atoms with Crippen LogP contribution in [0.2, 0.25) is 0 Å². The number of ether oxygens (including phenoxy) is 1. The molecular weight excluding hydrogens is 249 g/mol. The first-order valence-electron chi connectivity index (χ1n) is 5.33. The van der Waals surface area contributed by atoms with Gasteiger partial charge in [0.1, 0.15) is 5.75 Å². The third-order valence-electron chi connectivity index (χ3n) is 3.06. The molecule has 0 amide bonds. The number of aliphatic carboxylic acids is 1. The van der Waals surface area contributed by atoms with Gasteiger partial charge < -0.3 is 9.84 Å². The monoisotopic (exact) mass is 260 g/mol. The molecule has 2 rings (SSSR count). The largest absolute Gasteiger partial charge is 0.496 e. The standard InChI is InChI=1S/C12H11F3O3/c1-18-10-6(7-5-8(7)11(16)17)3-2-4-9(10)12(13,14)15/h2-4,7-8H,5H2,1H3,(H,16,17). The lowest BCUT2D eigenvalue weighted by molar-refractivity contribution is -0.139. The van der Waals surface area contributed by atoms with Crippen LogP contribution in [0, 0.1) is 5.92 Å². The Hall–Kier alpha value is -1.72. The summed E-state index contributed by atoms with van der Waals surface area (Å²) in [5.41, 5.74) is -0.543. The van der Waals surface area contributed by atoms with Gasteiger partial charge in [0.2, 0.25) is 0 Å². The number of para-hydroxylation sites is 1. The first kappa shape index (κ1) is 12.7. The number of carbonyl (C=O) groups is 1. The molecule has 3 nitrogen and oxygen atoms in total. The quantitative estimate of drug-likeness (QED) is 0.908. The summed E-state index contributed by atoms with van der Waals surface area (Å²) in [5.74, 6) is -2.25. The van der Waals surface area contributed by atoms with Crippen LogP contribution in [-0.4, -0.2) is 18.2 Å². The zero-order chi connectivity index (χ0) is 13.5. The van der Waals surface area contributed by atoms with Crippen molar-refractivity contribution >= 4 is 5.97 Å². The Morgan fingerprint density at radius 1 is 1.44 bits per heavy atom. The molecule has 1 aliphatic carbocycles. The van der Waals surface area contributed by atoms with Crippen molar-refractivity contribution in [1.29, 1.82) is 0 Å². The highest BCUT2D eigenvalue weighted by atomic mass is 19.4. The molecule has 0 aliphatic heterocycles. The Balaban J connectivity index is 2.41. The number of carboxylic acid groups (broad SMARTS) is 1. The maximum atomic E-state index is 12.8. The molecule has 1 aliphatic rings. The van der Waals surface area contributed by atoms with Crippen LogP contribution in [0.15, 0.2) is 18.2 Å². The summed E-state index contributed by atoms with van der Waals surface area (Å²) in [5, 5.41) is 8.81. The lowest BCUT2D eigenvalue weighted by Crippen LogP contribution is -2.09. The molecule has 2 unspecified atom stereocenters. The summed E-state index contributed by atoms with van der Waals surface area (Å²) in [4.78, 5) is 10.8. The minimum atomic E-state index is -4.50. The SMILES string of the molecule is COc1c(C2CC2C(=O)O)cccc1C(F)(F)F. The minimum Gasteiger partial charge on any atom is -0.496 e. The van der Waals surface area contributed by atoms with E-state index in [0.717, 1.165) is 13.2 Å². The van der Waals surface area contributed by atoms with E-state index >= 15 is 0 Å². The van der Waals surface area contributed by atoms with E-state index in [0.29, 0.717) is 12.0 Å². The number of methoxy groups -OCH3 is 1. The van der Waals surface area contributed by atoms with Gasteiger partial charge in [0.15, 0.2) is 0 Å². The second-order valence-corrected chi connectivity index (χ2v) is 4.21. The van der Waals surface area contributed by atoms with E-state index in [1.165, 1.54) is 12.1 Å². The predicted octanol–water partition coefficient (Wildman–Crippen LogP) is 2.90. The zero-order valence-electron chi connectivity index (χ0n) is 9.49. The van der Waals surface area contributed by atoms with E-state index in [-0.39, 0.29) is 11.7 Å². The van der Waals surface area contributed by atoms with Gasteiger partial charge in [-0.15, -0.1) is 0 Å². The van der Waals surface area contributed by atoms with Gasteiger partial charge in [0.25, 0.3) is 0 Å². The van der Waals surface area contributed by atoms with Gasteiger partial charge >= 0.3 is 12.1 Å². The van der Waals surface area contributed by atoms with Gasteiger partial charge in [-0.05, 0) is 18.1 Å². The first-order valence-corrected chi connectivity index (χ1v) is 5.33. The number of hydrogen-bond acceptors (Lipinski definition) is 2. The van der Waals surface area contributed by atoms with Crippen molar-refractivity contribution in [3.05, 3.63) is 29.3 Å². The van der Waals surface area contributed by atoms with E-state index in [1.807, 2.05) is 0 Å². The molecule has 1 aromatic carbocycles. The Bertz CT molecular complexity index is 482. The summed E-state index contributed by atoms with van der Waals surface area (Å²) < 4.78 is 43.1. The maximum absolute atomic E-state index is 12.8. The number of carboxylic acids is 1. The highest BCUT2D eigenvalue weighted by Gasteiger charge is 2.47. The molecule has 1 aromatic rings. The number of halogens is 3. The molecule has 1 N–H and O–H groups in total. The predicted molar refractivity (Wildman–Crippen MR) is 56.5 cm³/mol. The van der Waals surface area contributed by atoms with E-state index in [9.17, 15) is 18.0 Å². The van der Waals surface area contributed by atoms with Crippen LogP contribution in [0.5, 0.6) is 5.75 Å². The van der Waals surface area contributed by atoms with Crippen molar-refractivity contribution in [3.63, 3.8) is 0 Å². The van der Waals surface area contributed by atoms with Crippen LogP contribution < -0.4 is 4.74 Å². The van der Waals surface area contributed by atoms with Crippen molar-refractivity contribution in [1.82, 2.24) is 0 Å². The van der Waals surface area contributed by atoms with Crippen molar-refractivity contribution in [3.8, 4) is 5.75 Å². The third-order valence-corrected chi connectivity index (χ3v) is 3.06. The first-order chi connectivity index (χ1) is 8.36. The fraction of sp³-hybridized carbons (Fsp3) is 0.417. The fourth-order valence-corrected chi connectivity index (χ4v) is 2.11. The fourth-order valence-electron chi connectivity index (χ4n) is 2.11. The molecule has 18 heavy (non-hydrogen) atoms. The number of rotatable bonds is 3. The van der Waals surface area contributed by atoms with Gasteiger partial charge in [-0.2, -0.15) is 13.2 Å². The second-order valence-electron chi connectivity index (χ2n) is 4.21. The van der Waals surface area contributed by atoms with Crippen molar-refractivity contribution in [2.24, 2.45) is 5.92 Å². The van der Waals surface area contributed by atoms with E-state index < -0.39 is 23.6 Å². The van der Waals surface area contributed by atoms with E-state index in [2.05, 4.69) is 0 Å². The van der Waals surface area contributed by atoms with Crippen molar-refractivity contribution in [2.45, 2.75) is 18.5 Å². The Labute approximate surface area is 101 Å². The molecule has 6 heteroatoms. The molecule has 98 valence electrons. The average molecular weight is 260 g/mol. The van der Waals surface area contributed by atoms with Gasteiger partial charge in [-0.25, -0.2) is 0 Å². The molecule has 0 saturated heterocycles. The minimum absolute atomic E-state index is 0.265. The van der Waals surface area contributed by atoms with Crippen LogP contribution in [0.3, 0.4) is 0 Å². The molecule has 0 spiro atoms. The summed E-state index contributed by atoms with van der Waals surface area (Å²) in [6.07, 6.45) is -4.15. The molecule has 1 fully saturated rings. The van der Waals surface area contributed by atoms with Crippen molar-refractivity contribution < 1.29 is 27.8 Å². The maximum Gasteiger partial charge on any atom is 0.419 e. The van der Waals surface area contributed by atoms with E-state index in [4.69, 9.17) is 9.84 Å². The number of alkyl halides is 3. The van der Waals surface area contributed by atoms with E-state index in [1.54, 1.807) is 0 Å². The number of hydrogen-bond donors (Lipinski definition) is 1. The molecule has 2 atom stereocenters. The van der Waals surface area contributed by atoms with Crippen LogP contribution >= 0.6 is 0 Å². The molecule has 0 aromatic heterocycles. The lowest BCUT2D eigenvalue weighted by atomic mass is 10.0. The zero-order valence-corrected chi connectivity index (χ0v) is 9.49. The summed E-state index contributed by atoms with van der Waals surface area (Å²) in [6, 6.07) is 3.69. The van der Waals surface area contributed by atoms with Gasteiger partial charge in [0, 0.05) is 5.92 Å². The highest BCUT2D eigenvalue weighted by molar-refractivity contribution is 5.75. The van der Waals surface area contributed by atoms with Crippen LogP contribution in [0.25, 0.3) is 0 Å².